The number of benzene rings is 2. The summed E-state index contributed by atoms with van der Waals surface area (Å²) in [6.07, 6.45) is 0.265. The molecular formula is C22H28N2O5. The summed E-state index contributed by atoms with van der Waals surface area (Å²) >= 11 is 0. The molecule has 156 valence electrons. The molecule has 2 N–H and O–H groups in total. The third-order valence-corrected chi connectivity index (χ3v) is 4.29. The van der Waals surface area contributed by atoms with Gasteiger partial charge in [-0.1, -0.05) is 18.2 Å². The summed E-state index contributed by atoms with van der Waals surface area (Å²) in [6.45, 7) is 4.62. The highest BCUT2D eigenvalue weighted by Gasteiger charge is 2.10. The maximum atomic E-state index is 12.3. The largest absolute Gasteiger partial charge is 0.496 e. The van der Waals surface area contributed by atoms with Crippen molar-refractivity contribution in [2.45, 2.75) is 26.8 Å². The monoisotopic (exact) mass is 400 g/mol. The Morgan fingerprint density at radius 1 is 0.862 bits per heavy atom. The van der Waals surface area contributed by atoms with Gasteiger partial charge in [-0.2, -0.15) is 0 Å². The average Bonchev–Trinajstić information content (AvgIpc) is 2.72. The minimum absolute atomic E-state index is 0.0830. The lowest BCUT2D eigenvalue weighted by molar-refractivity contribution is -0.123. The Bertz CT molecular complexity index is 851. The van der Waals surface area contributed by atoms with Crippen molar-refractivity contribution in [3.63, 3.8) is 0 Å². The van der Waals surface area contributed by atoms with Crippen molar-refractivity contribution >= 4 is 11.8 Å². The van der Waals surface area contributed by atoms with E-state index >= 15 is 0 Å². The van der Waals surface area contributed by atoms with Crippen LogP contribution in [-0.4, -0.2) is 39.2 Å². The standard InChI is InChI=1S/C22H28N2O5/c1-5-23-22(26)14-29-18-9-8-17(11-20(18)28-4)13-24-21(25)12-16-7-6-15(2)19(10-16)27-3/h6-11H,5,12-14H2,1-4H3,(H,23,26)(H,24,25). The second kappa shape index (κ2) is 10.9. The molecule has 0 unspecified atom stereocenters. The minimum atomic E-state index is -0.196. The van der Waals surface area contributed by atoms with Crippen molar-refractivity contribution in [1.82, 2.24) is 10.6 Å². The Labute approximate surface area is 171 Å². The second-order valence-corrected chi connectivity index (χ2v) is 6.48. The zero-order chi connectivity index (χ0) is 21.2. The number of hydrogen-bond acceptors (Lipinski definition) is 5. The molecule has 0 heterocycles. The number of ether oxygens (including phenoxy) is 3. The van der Waals surface area contributed by atoms with Crippen molar-refractivity contribution in [2.24, 2.45) is 0 Å². The summed E-state index contributed by atoms with van der Waals surface area (Å²) in [5.41, 5.74) is 2.77. The number of methoxy groups -OCH3 is 2. The van der Waals surface area contributed by atoms with Gasteiger partial charge in [0.05, 0.1) is 20.6 Å². The van der Waals surface area contributed by atoms with E-state index in [1.54, 1.807) is 19.2 Å². The van der Waals surface area contributed by atoms with E-state index in [2.05, 4.69) is 10.6 Å². The number of hydrogen-bond donors (Lipinski definition) is 2. The second-order valence-electron chi connectivity index (χ2n) is 6.48. The third-order valence-electron chi connectivity index (χ3n) is 4.29. The molecule has 2 rings (SSSR count). The van der Waals surface area contributed by atoms with E-state index in [4.69, 9.17) is 14.2 Å². The molecule has 0 atom stereocenters. The van der Waals surface area contributed by atoms with E-state index in [-0.39, 0.29) is 24.8 Å². The fraction of sp³-hybridized carbons (Fsp3) is 0.364. The Kier molecular flexibility index (Phi) is 8.33. The Morgan fingerprint density at radius 3 is 2.24 bits per heavy atom. The summed E-state index contributed by atoms with van der Waals surface area (Å²) in [5, 5.41) is 5.56. The third kappa shape index (κ3) is 6.71. The molecule has 0 aliphatic carbocycles. The summed E-state index contributed by atoms with van der Waals surface area (Å²) in [6, 6.07) is 11.1. The number of aryl methyl sites for hydroxylation is 1. The summed E-state index contributed by atoms with van der Waals surface area (Å²) < 4.78 is 16.1. The van der Waals surface area contributed by atoms with Gasteiger partial charge in [0.25, 0.3) is 5.91 Å². The first-order valence-electron chi connectivity index (χ1n) is 9.43. The van der Waals surface area contributed by atoms with Crippen LogP contribution in [0.15, 0.2) is 36.4 Å². The van der Waals surface area contributed by atoms with E-state index < -0.39 is 0 Å². The van der Waals surface area contributed by atoms with E-state index in [9.17, 15) is 9.59 Å². The maximum absolute atomic E-state index is 12.3. The van der Waals surface area contributed by atoms with Crippen LogP contribution < -0.4 is 24.8 Å². The lowest BCUT2D eigenvalue weighted by Crippen LogP contribution is -2.28. The first kappa shape index (κ1) is 22.1. The highest BCUT2D eigenvalue weighted by atomic mass is 16.5. The van der Waals surface area contributed by atoms with Crippen molar-refractivity contribution < 1.29 is 23.8 Å². The van der Waals surface area contributed by atoms with Crippen LogP contribution in [0, 0.1) is 6.92 Å². The molecule has 0 spiro atoms. The van der Waals surface area contributed by atoms with Gasteiger partial charge >= 0.3 is 0 Å². The molecule has 2 aromatic rings. The molecule has 0 radical (unpaired) electrons. The predicted molar refractivity (Wildman–Crippen MR) is 110 cm³/mol. The minimum Gasteiger partial charge on any atom is -0.496 e. The topological polar surface area (TPSA) is 85.9 Å². The zero-order valence-electron chi connectivity index (χ0n) is 17.3. The van der Waals surface area contributed by atoms with Gasteiger partial charge in [-0.3, -0.25) is 9.59 Å². The van der Waals surface area contributed by atoms with Crippen molar-refractivity contribution in [3.05, 3.63) is 53.1 Å². The van der Waals surface area contributed by atoms with Crippen LogP contribution in [0.3, 0.4) is 0 Å². The quantitative estimate of drug-likeness (QED) is 0.640. The number of amides is 2. The molecule has 7 heteroatoms. The molecular weight excluding hydrogens is 372 g/mol. The normalized spacial score (nSPS) is 10.2. The number of nitrogens with one attached hydrogen (secondary N) is 2. The molecule has 7 nitrogen and oxygen atoms in total. The van der Waals surface area contributed by atoms with Gasteiger partial charge in [0.2, 0.25) is 5.91 Å². The molecule has 29 heavy (non-hydrogen) atoms. The molecule has 0 aliphatic rings. The lowest BCUT2D eigenvalue weighted by atomic mass is 10.1. The zero-order valence-corrected chi connectivity index (χ0v) is 17.3. The molecule has 0 aliphatic heterocycles. The van der Waals surface area contributed by atoms with Crippen LogP contribution in [0.2, 0.25) is 0 Å². The van der Waals surface area contributed by atoms with Crippen molar-refractivity contribution in [3.8, 4) is 17.2 Å². The Hall–Kier alpha value is -3.22. The maximum Gasteiger partial charge on any atom is 0.257 e. The summed E-state index contributed by atoms with van der Waals surface area (Å²) in [5.74, 6) is 1.46. The smallest absolute Gasteiger partial charge is 0.257 e. The van der Waals surface area contributed by atoms with Crippen LogP contribution in [0.1, 0.15) is 23.6 Å². The van der Waals surface area contributed by atoms with Gasteiger partial charge < -0.3 is 24.8 Å². The van der Waals surface area contributed by atoms with E-state index in [0.29, 0.717) is 24.6 Å². The highest BCUT2D eigenvalue weighted by molar-refractivity contribution is 5.79. The van der Waals surface area contributed by atoms with Gasteiger partial charge in [0, 0.05) is 13.1 Å². The van der Waals surface area contributed by atoms with Gasteiger partial charge in [0.1, 0.15) is 5.75 Å². The van der Waals surface area contributed by atoms with Crippen LogP contribution >= 0.6 is 0 Å². The molecule has 0 saturated heterocycles. The SMILES string of the molecule is CCNC(=O)COc1ccc(CNC(=O)Cc2ccc(C)c(OC)c2)cc1OC. The molecule has 2 amide bonds. The first-order valence-corrected chi connectivity index (χ1v) is 9.43. The van der Waals surface area contributed by atoms with Crippen molar-refractivity contribution in [2.75, 3.05) is 27.4 Å². The van der Waals surface area contributed by atoms with Crippen LogP contribution in [0.5, 0.6) is 17.2 Å². The summed E-state index contributed by atoms with van der Waals surface area (Å²) in [7, 11) is 3.14. The molecule has 0 fully saturated rings. The van der Waals surface area contributed by atoms with Gasteiger partial charge in [-0.25, -0.2) is 0 Å². The van der Waals surface area contributed by atoms with Crippen LogP contribution in [-0.2, 0) is 22.6 Å². The fourth-order valence-electron chi connectivity index (χ4n) is 2.76. The van der Waals surface area contributed by atoms with Gasteiger partial charge in [0.15, 0.2) is 18.1 Å². The molecule has 0 aromatic heterocycles. The van der Waals surface area contributed by atoms with Gasteiger partial charge in [-0.15, -0.1) is 0 Å². The van der Waals surface area contributed by atoms with E-state index in [1.165, 1.54) is 7.11 Å². The molecule has 2 aromatic carbocycles. The van der Waals surface area contributed by atoms with Crippen LogP contribution in [0.4, 0.5) is 0 Å². The average molecular weight is 400 g/mol. The number of carbonyl (C=O) groups excluding carboxylic acids is 2. The van der Waals surface area contributed by atoms with E-state index in [1.807, 2.05) is 38.1 Å². The number of likely N-dealkylation sites (N-methyl/N-ethyl adjacent to an activating group) is 1. The highest BCUT2D eigenvalue weighted by Crippen LogP contribution is 2.28. The lowest BCUT2D eigenvalue weighted by Gasteiger charge is -2.13. The van der Waals surface area contributed by atoms with Crippen molar-refractivity contribution in [1.29, 1.82) is 0 Å². The molecule has 0 saturated carbocycles. The van der Waals surface area contributed by atoms with Gasteiger partial charge in [-0.05, 0) is 48.7 Å². The Balaban J connectivity index is 1.92. The molecule has 0 bridgehead atoms. The number of rotatable bonds is 10. The first-order chi connectivity index (χ1) is 14.0. The van der Waals surface area contributed by atoms with E-state index in [0.717, 1.165) is 22.4 Å². The van der Waals surface area contributed by atoms with Crippen LogP contribution in [0.25, 0.3) is 0 Å². The predicted octanol–water partition coefficient (Wildman–Crippen LogP) is 2.39. The number of carbonyl (C=O) groups is 2. The summed E-state index contributed by atoms with van der Waals surface area (Å²) in [4.78, 5) is 23.8. The fourth-order valence-corrected chi connectivity index (χ4v) is 2.76. The Morgan fingerprint density at radius 2 is 1.55 bits per heavy atom.